The number of carbonyl (C=O) groups excluding carboxylic acids is 2. The van der Waals surface area contributed by atoms with Gasteiger partial charge in [0, 0.05) is 6.54 Å². The van der Waals surface area contributed by atoms with Gasteiger partial charge in [0.1, 0.15) is 22.8 Å². The third-order valence-corrected chi connectivity index (χ3v) is 5.91. The number of methoxy groups -OCH3 is 2. The molecule has 34 heavy (non-hydrogen) atoms. The summed E-state index contributed by atoms with van der Waals surface area (Å²) >= 11 is 0. The zero-order valence-corrected chi connectivity index (χ0v) is 20.6. The lowest BCUT2D eigenvalue weighted by Crippen LogP contribution is -2.33. The summed E-state index contributed by atoms with van der Waals surface area (Å²) in [6.07, 6.45) is -0.0153. The minimum absolute atomic E-state index is 0.00496. The summed E-state index contributed by atoms with van der Waals surface area (Å²) in [6, 6.07) is 12.0. The first kappa shape index (κ1) is 25.3. The van der Waals surface area contributed by atoms with Crippen molar-refractivity contribution in [1.82, 2.24) is 4.90 Å². The molecule has 182 valence electrons. The van der Waals surface area contributed by atoms with Crippen LogP contribution >= 0.6 is 0 Å². The molecule has 0 bridgehead atoms. The van der Waals surface area contributed by atoms with E-state index in [0.717, 1.165) is 11.1 Å². The van der Waals surface area contributed by atoms with Crippen LogP contribution in [0.3, 0.4) is 0 Å². The molecule has 1 aliphatic rings. The monoisotopic (exact) mass is 467 g/mol. The molecule has 0 aromatic heterocycles. The Hall–Kier alpha value is -3.32. The van der Waals surface area contributed by atoms with E-state index in [1.807, 2.05) is 38.1 Å². The molecular formula is C27H33NO6. The predicted molar refractivity (Wildman–Crippen MR) is 130 cm³/mol. The van der Waals surface area contributed by atoms with Crippen molar-refractivity contribution < 1.29 is 28.9 Å². The van der Waals surface area contributed by atoms with Crippen LogP contribution < -0.4 is 9.47 Å². The van der Waals surface area contributed by atoms with E-state index in [1.54, 1.807) is 18.2 Å². The molecule has 0 aliphatic carbocycles. The first-order chi connectivity index (χ1) is 16.2. The van der Waals surface area contributed by atoms with Gasteiger partial charge < -0.3 is 24.2 Å². The highest BCUT2D eigenvalue weighted by atomic mass is 16.5. The molecule has 1 saturated heterocycles. The number of nitrogens with zero attached hydrogens (tertiary/aromatic N) is 1. The van der Waals surface area contributed by atoms with Crippen LogP contribution in [0, 0.1) is 0 Å². The van der Waals surface area contributed by atoms with Crippen LogP contribution in [-0.2, 0) is 14.3 Å². The van der Waals surface area contributed by atoms with Crippen LogP contribution in [0.1, 0.15) is 56.3 Å². The van der Waals surface area contributed by atoms with Gasteiger partial charge >= 0.3 is 0 Å². The molecule has 3 rings (SSSR count). The number of amides is 1. The molecule has 0 spiro atoms. The third kappa shape index (κ3) is 4.94. The zero-order valence-electron chi connectivity index (χ0n) is 20.6. The Morgan fingerprint density at radius 1 is 0.971 bits per heavy atom. The van der Waals surface area contributed by atoms with E-state index in [-0.39, 0.29) is 36.2 Å². The maximum absolute atomic E-state index is 13.3. The molecule has 0 saturated carbocycles. The smallest absolute Gasteiger partial charge is 0.295 e. The Morgan fingerprint density at radius 2 is 1.56 bits per heavy atom. The number of ether oxygens (including phenoxy) is 3. The van der Waals surface area contributed by atoms with Gasteiger partial charge in [0.25, 0.3) is 11.7 Å². The lowest BCUT2D eigenvalue weighted by Gasteiger charge is -2.26. The first-order valence-corrected chi connectivity index (χ1v) is 11.4. The topological polar surface area (TPSA) is 85.3 Å². The van der Waals surface area contributed by atoms with Gasteiger partial charge in [-0.05, 0) is 43.0 Å². The highest BCUT2D eigenvalue weighted by molar-refractivity contribution is 6.46. The van der Waals surface area contributed by atoms with Gasteiger partial charge in [0.05, 0.1) is 38.5 Å². The second-order valence-corrected chi connectivity index (χ2v) is 8.77. The molecular weight excluding hydrogens is 434 g/mol. The average molecular weight is 468 g/mol. The van der Waals surface area contributed by atoms with Gasteiger partial charge in [-0.15, -0.1) is 0 Å². The average Bonchev–Trinajstić information content (AvgIpc) is 3.07. The van der Waals surface area contributed by atoms with Crippen LogP contribution in [0.2, 0.25) is 0 Å². The molecule has 7 nitrogen and oxygen atoms in total. The van der Waals surface area contributed by atoms with E-state index >= 15 is 0 Å². The number of aliphatic hydroxyl groups excluding tert-OH is 1. The molecule has 1 fully saturated rings. The molecule has 1 atom stereocenters. The van der Waals surface area contributed by atoms with E-state index in [4.69, 9.17) is 14.2 Å². The minimum Gasteiger partial charge on any atom is -0.506 e. The molecule has 1 N–H and O–H groups in total. The Morgan fingerprint density at radius 3 is 2.06 bits per heavy atom. The molecule has 1 unspecified atom stereocenters. The number of hydrogen-bond donors (Lipinski definition) is 1. The molecule has 0 radical (unpaired) electrons. The van der Waals surface area contributed by atoms with Gasteiger partial charge in [-0.3, -0.25) is 9.59 Å². The van der Waals surface area contributed by atoms with E-state index < -0.39 is 17.7 Å². The normalized spacial score (nSPS) is 17.6. The number of benzene rings is 2. The van der Waals surface area contributed by atoms with Crippen LogP contribution in [0.5, 0.6) is 11.5 Å². The highest BCUT2D eigenvalue weighted by Gasteiger charge is 2.46. The largest absolute Gasteiger partial charge is 0.506 e. The van der Waals surface area contributed by atoms with Crippen molar-refractivity contribution in [2.45, 2.75) is 45.8 Å². The Kier molecular flexibility index (Phi) is 7.99. The van der Waals surface area contributed by atoms with E-state index in [0.29, 0.717) is 17.4 Å². The fraction of sp³-hybridized carbons (Fsp3) is 0.407. The second-order valence-electron chi connectivity index (χ2n) is 8.77. The van der Waals surface area contributed by atoms with E-state index in [1.165, 1.54) is 19.1 Å². The zero-order chi connectivity index (χ0) is 25.0. The van der Waals surface area contributed by atoms with Crippen LogP contribution in [0.15, 0.2) is 48.0 Å². The summed E-state index contributed by atoms with van der Waals surface area (Å²) in [4.78, 5) is 27.8. The van der Waals surface area contributed by atoms with Crippen molar-refractivity contribution in [2.75, 3.05) is 27.4 Å². The molecule has 2 aromatic carbocycles. The summed E-state index contributed by atoms with van der Waals surface area (Å²) in [7, 11) is 2.94. The van der Waals surface area contributed by atoms with E-state index in [9.17, 15) is 14.7 Å². The lowest BCUT2D eigenvalue weighted by molar-refractivity contribution is -0.140. The van der Waals surface area contributed by atoms with Crippen molar-refractivity contribution in [2.24, 2.45) is 0 Å². The van der Waals surface area contributed by atoms with Crippen LogP contribution in [-0.4, -0.2) is 55.2 Å². The molecule has 2 aromatic rings. The standard InChI is InChI=1S/C27H33NO6/c1-16(2)18-10-12-19(13-11-18)24-23(26(30)27(31)28(24)14-15-34-17(3)4)25(29)22-20(32-5)8-7-9-21(22)33-6/h7-13,16-17,24,29H,14-15H2,1-6H3/b25-23+. The van der Waals surface area contributed by atoms with Gasteiger partial charge in [-0.1, -0.05) is 44.2 Å². The lowest BCUT2D eigenvalue weighted by atomic mass is 9.93. The SMILES string of the molecule is COc1cccc(OC)c1/C(O)=C1\C(=O)C(=O)N(CCOC(C)C)C1c1ccc(C(C)C)cc1. The predicted octanol–water partition coefficient (Wildman–Crippen LogP) is 4.67. The van der Waals surface area contributed by atoms with Gasteiger partial charge in [0.15, 0.2) is 0 Å². The summed E-state index contributed by atoms with van der Waals surface area (Å²) in [5.41, 5.74) is 2.08. The second kappa shape index (κ2) is 10.7. The Balaban J connectivity index is 2.19. The van der Waals surface area contributed by atoms with E-state index in [2.05, 4.69) is 13.8 Å². The molecule has 1 amide bonds. The number of aliphatic hydroxyl groups is 1. The fourth-order valence-corrected chi connectivity index (χ4v) is 4.13. The van der Waals surface area contributed by atoms with Crippen molar-refractivity contribution >= 4 is 17.4 Å². The maximum atomic E-state index is 13.3. The molecule has 7 heteroatoms. The number of carbonyl (C=O) groups is 2. The Bertz CT molecular complexity index is 1050. The third-order valence-electron chi connectivity index (χ3n) is 5.91. The van der Waals surface area contributed by atoms with Crippen LogP contribution in [0.4, 0.5) is 0 Å². The number of ketones is 1. The highest BCUT2D eigenvalue weighted by Crippen LogP contribution is 2.43. The van der Waals surface area contributed by atoms with Crippen molar-refractivity contribution in [1.29, 1.82) is 0 Å². The summed E-state index contributed by atoms with van der Waals surface area (Å²) < 4.78 is 16.5. The number of hydrogen-bond acceptors (Lipinski definition) is 6. The first-order valence-electron chi connectivity index (χ1n) is 11.4. The van der Waals surface area contributed by atoms with Gasteiger partial charge in [0.2, 0.25) is 0 Å². The summed E-state index contributed by atoms with van der Waals surface area (Å²) in [5.74, 6) is -0.774. The van der Waals surface area contributed by atoms with Crippen molar-refractivity contribution in [3.05, 3.63) is 64.7 Å². The van der Waals surface area contributed by atoms with Crippen LogP contribution in [0.25, 0.3) is 5.76 Å². The quantitative estimate of drug-likeness (QED) is 0.328. The number of Topliss-reactive ketones (excluding diaryl/α,β-unsaturated/α-hetero) is 1. The molecule has 1 heterocycles. The number of likely N-dealkylation sites (tertiary alicyclic amines) is 1. The minimum atomic E-state index is -0.772. The van der Waals surface area contributed by atoms with Gasteiger partial charge in [-0.2, -0.15) is 0 Å². The summed E-state index contributed by atoms with van der Waals surface area (Å²) in [6.45, 7) is 8.48. The maximum Gasteiger partial charge on any atom is 0.295 e. The fourth-order valence-electron chi connectivity index (χ4n) is 4.13. The van der Waals surface area contributed by atoms with Gasteiger partial charge in [-0.25, -0.2) is 0 Å². The Labute approximate surface area is 200 Å². The van der Waals surface area contributed by atoms with Crippen molar-refractivity contribution in [3.63, 3.8) is 0 Å². The van der Waals surface area contributed by atoms with Crippen molar-refractivity contribution in [3.8, 4) is 11.5 Å². The number of rotatable bonds is 9. The molecule has 1 aliphatic heterocycles. The summed E-state index contributed by atoms with van der Waals surface area (Å²) in [5, 5.41) is 11.4.